The summed E-state index contributed by atoms with van der Waals surface area (Å²) in [5, 5.41) is 5.92. The van der Waals surface area contributed by atoms with E-state index in [1.807, 2.05) is 0 Å². The normalized spacial score (nSPS) is 11.0. The fourth-order valence-electron chi connectivity index (χ4n) is 2.09. The molecule has 0 aliphatic heterocycles. The first-order chi connectivity index (χ1) is 12.4. The Kier molecular flexibility index (Phi) is 9.57. The van der Waals surface area contributed by atoms with E-state index >= 15 is 0 Å². The van der Waals surface area contributed by atoms with Crippen molar-refractivity contribution in [3.63, 3.8) is 0 Å². The lowest BCUT2D eigenvalue weighted by atomic mass is 10.2. The number of hydrogen-bond donors (Lipinski definition) is 2. The molecule has 0 atom stereocenters. The van der Waals surface area contributed by atoms with Crippen molar-refractivity contribution in [1.82, 2.24) is 10.6 Å². The monoisotopic (exact) mass is 424 g/mol. The highest BCUT2D eigenvalue weighted by molar-refractivity contribution is 7.17. The number of amides is 1. The van der Waals surface area contributed by atoms with Gasteiger partial charge in [0.2, 0.25) is 0 Å². The van der Waals surface area contributed by atoms with Crippen LogP contribution in [0.2, 0.25) is 0 Å². The van der Waals surface area contributed by atoms with Crippen molar-refractivity contribution in [1.29, 1.82) is 0 Å². The number of carbonyl (C=O) groups is 1. The van der Waals surface area contributed by atoms with Crippen LogP contribution in [-0.4, -0.2) is 45.6 Å². The van der Waals surface area contributed by atoms with Gasteiger partial charge < -0.3 is 20.1 Å². The summed E-state index contributed by atoms with van der Waals surface area (Å²) in [6.07, 6.45) is -4.71. The largest absolute Gasteiger partial charge is 0.573 e. The van der Waals surface area contributed by atoms with E-state index in [1.165, 1.54) is 35.6 Å². The van der Waals surface area contributed by atoms with E-state index in [4.69, 9.17) is 4.74 Å². The summed E-state index contributed by atoms with van der Waals surface area (Å²) in [6, 6.07) is 8.98. The van der Waals surface area contributed by atoms with Gasteiger partial charge in [-0.3, -0.25) is 4.79 Å². The average molecular weight is 425 g/mol. The van der Waals surface area contributed by atoms with Crippen LogP contribution in [0.3, 0.4) is 0 Å². The number of methoxy groups -OCH3 is 1. The third kappa shape index (κ3) is 8.17. The van der Waals surface area contributed by atoms with Crippen molar-refractivity contribution in [2.45, 2.75) is 6.36 Å². The van der Waals surface area contributed by atoms with Gasteiger partial charge in [0.15, 0.2) is 0 Å². The highest BCUT2D eigenvalue weighted by Gasteiger charge is 2.30. The van der Waals surface area contributed by atoms with Crippen LogP contribution < -0.4 is 15.4 Å². The molecule has 2 aromatic rings. The second-order valence-corrected chi connectivity index (χ2v) is 6.32. The van der Waals surface area contributed by atoms with Gasteiger partial charge in [-0.2, -0.15) is 0 Å². The molecule has 0 unspecified atom stereocenters. The minimum atomic E-state index is -4.71. The van der Waals surface area contributed by atoms with Gasteiger partial charge in [-0.05, 0) is 42.0 Å². The van der Waals surface area contributed by atoms with E-state index in [0.29, 0.717) is 36.7 Å². The number of carbonyl (C=O) groups excluding carboxylic acids is 1. The Morgan fingerprint density at radius 1 is 1.07 bits per heavy atom. The van der Waals surface area contributed by atoms with E-state index in [9.17, 15) is 18.0 Å². The topological polar surface area (TPSA) is 59.6 Å². The van der Waals surface area contributed by atoms with Crippen LogP contribution >= 0.6 is 23.7 Å². The van der Waals surface area contributed by atoms with Gasteiger partial charge in [-0.15, -0.1) is 36.9 Å². The van der Waals surface area contributed by atoms with E-state index in [1.54, 1.807) is 19.2 Å². The maximum absolute atomic E-state index is 12.2. The van der Waals surface area contributed by atoms with Crippen molar-refractivity contribution in [3.8, 4) is 16.2 Å². The summed E-state index contributed by atoms with van der Waals surface area (Å²) in [7, 11) is 1.62. The van der Waals surface area contributed by atoms with Gasteiger partial charge in [-0.1, -0.05) is 0 Å². The SMILES string of the molecule is COCCNCCNC(=O)c1ccc(-c2ccc(OC(F)(F)F)cc2)s1.Cl. The third-order valence-electron chi connectivity index (χ3n) is 3.27. The Morgan fingerprint density at radius 3 is 2.41 bits per heavy atom. The van der Waals surface area contributed by atoms with Crippen LogP contribution in [0.4, 0.5) is 13.2 Å². The van der Waals surface area contributed by atoms with Crippen molar-refractivity contribution >= 4 is 29.7 Å². The van der Waals surface area contributed by atoms with Crippen LogP contribution in [0.5, 0.6) is 5.75 Å². The zero-order valence-electron chi connectivity index (χ0n) is 14.5. The van der Waals surface area contributed by atoms with Crippen molar-refractivity contribution in [2.75, 3.05) is 33.4 Å². The van der Waals surface area contributed by atoms with Crippen LogP contribution in [0.15, 0.2) is 36.4 Å². The Bertz CT molecular complexity index is 708. The van der Waals surface area contributed by atoms with Gasteiger partial charge in [0.05, 0.1) is 11.5 Å². The molecule has 2 N–H and O–H groups in total. The van der Waals surface area contributed by atoms with Gasteiger partial charge in [0.1, 0.15) is 5.75 Å². The Hall–Kier alpha value is -1.81. The maximum Gasteiger partial charge on any atom is 0.573 e. The molecule has 0 spiro atoms. The summed E-state index contributed by atoms with van der Waals surface area (Å²) in [5.74, 6) is -0.469. The molecule has 0 saturated carbocycles. The molecule has 1 heterocycles. The smallest absolute Gasteiger partial charge is 0.406 e. The first-order valence-corrected chi connectivity index (χ1v) is 8.64. The number of thiophene rings is 1. The second kappa shape index (κ2) is 11.1. The average Bonchev–Trinajstić information content (AvgIpc) is 3.07. The molecule has 1 aromatic carbocycles. The van der Waals surface area contributed by atoms with Gasteiger partial charge in [0.25, 0.3) is 5.91 Å². The highest BCUT2D eigenvalue weighted by atomic mass is 35.5. The first kappa shape index (κ1) is 23.2. The standard InChI is InChI=1S/C17H19F3N2O3S.ClH/c1-24-11-10-21-8-9-22-16(23)15-7-6-14(26-15)12-2-4-13(5-3-12)25-17(18,19)20;/h2-7,21H,8-11H2,1H3,(H,22,23);1H. The predicted molar refractivity (Wildman–Crippen MR) is 101 cm³/mol. The third-order valence-corrected chi connectivity index (χ3v) is 4.41. The van der Waals surface area contributed by atoms with Crippen molar-refractivity contribution < 1.29 is 27.4 Å². The molecule has 2 rings (SSSR count). The van der Waals surface area contributed by atoms with Crippen LogP contribution in [0, 0.1) is 0 Å². The lowest BCUT2D eigenvalue weighted by Gasteiger charge is -2.08. The highest BCUT2D eigenvalue weighted by Crippen LogP contribution is 2.30. The fraction of sp³-hybridized carbons (Fsp3) is 0.353. The molecule has 0 radical (unpaired) electrons. The van der Waals surface area contributed by atoms with E-state index in [2.05, 4.69) is 15.4 Å². The summed E-state index contributed by atoms with van der Waals surface area (Å²) < 4.78 is 45.3. The Balaban J connectivity index is 0.00000364. The second-order valence-electron chi connectivity index (χ2n) is 5.23. The predicted octanol–water partition coefficient (Wildman–Crippen LogP) is 3.70. The zero-order chi connectivity index (χ0) is 19.0. The first-order valence-electron chi connectivity index (χ1n) is 7.83. The van der Waals surface area contributed by atoms with Crippen molar-refractivity contribution in [2.24, 2.45) is 0 Å². The maximum atomic E-state index is 12.2. The number of benzene rings is 1. The minimum absolute atomic E-state index is 0. The molecule has 10 heteroatoms. The molecule has 150 valence electrons. The molecule has 1 amide bonds. The number of hydrogen-bond acceptors (Lipinski definition) is 5. The lowest BCUT2D eigenvalue weighted by molar-refractivity contribution is -0.274. The molecule has 0 aliphatic rings. The van der Waals surface area contributed by atoms with Gasteiger partial charge in [-0.25, -0.2) is 0 Å². The quantitative estimate of drug-likeness (QED) is 0.603. The molecule has 1 aromatic heterocycles. The molecular formula is C17H20ClF3N2O3S. The molecular weight excluding hydrogens is 405 g/mol. The number of halogens is 4. The van der Waals surface area contributed by atoms with Crippen LogP contribution in [-0.2, 0) is 4.74 Å². The van der Waals surface area contributed by atoms with Crippen LogP contribution in [0.25, 0.3) is 10.4 Å². The molecule has 0 fully saturated rings. The zero-order valence-corrected chi connectivity index (χ0v) is 16.1. The fourth-order valence-corrected chi connectivity index (χ4v) is 3.01. The lowest BCUT2D eigenvalue weighted by Crippen LogP contribution is -2.32. The number of nitrogens with one attached hydrogen (secondary N) is 2. The van der Waals surface area contributed by atoms with E-state index in [-0.39, 0.29) is 24.1 Å². The van der Waals surface area contributed by atoms with Gasteiger partial charge in [0, 0.05) is 31.6 Å². The number of ether oxygens (including phenoxy) is 2. The Labute approximate surface area is 165 Å². The number of rotatable bonds is 9. The van der Waals surface area contributed by atoms with Gasteiger partial charge >= 0.3 is 6.36 Å². The van der Waals surface area contributed by atoms with Crippen LogP contribution in [0.1, 0.15) is 9.67 Å². The minimum Gasteiger partial charge on any atom is -0.406 e. The molecule has 27 heavy (non-hydrogen) atoms. The molecule has 0 aliphatic carbocycles. The summed E-state index contributed by atoms with van der Waals surface area (Å²) in [5.41, 5.74) is 0.713. The Morgan fingerprint density at radius 2 is 1.78 bits per heavy atom. The summed E-state index contributed by atoms with van der Waals surface area (Å²) in [4.78, 5) is 13.4. The molecule has 0 bridgehead atoms. The van der Waals surface area contributed by atoms with E-state index < -0.39 is 6.36 Å². The summed E-state index contributed by atoms with van der Waals surface area (Å²) in [6.45, 7) is 2.44. The molecule has 5 nitrogen and oxygen atoms in total. The van der Waals surface area contributed by atoms with E-state index in [0.717, 1.165) is 4.88 Å². The molecule has 0 saturated heterocycles. The summed E-state index contributed by atoms with van der Waals surface area (Å²) >= 11 is 1.27. The number of alkyl halides is 3. The van der Waals surface area contributed by atoms with Crippen molar-refractivity contribution in [3.05, 3.63) is 41.3 Å².